The van der Waals surface area contributed by atoms with Gasteiger partial charge in [-0.25, -0.2) is 0 Å². The van der Waals surface area contributed by atoms with Gasteiger partial charge in [-0.15, -0.1) is 0 Å². The van der Waals surface area contributed by atoms with E-state index in [-0.39, 0.29) is 0 Å². The van der Waals surface area contributed by atoms with Crippen molar-refractivity contribution in [2.75, 3.05) is 19.7 Å². The average Bonchev–Trinajstić information content (AvgIpc) is 2.38. The zero-order valence-corrected chi connectivity index (χ0v) is 11.5. The maximum atomic E-state index is 8.86. The Morgan fingerprint density at radius 2 is 2.22 bits per heavy atom. The second-order valence-corrected chi connectivity index (χ2v) is 4.71. The summed E-state index contributed by atoms with van der Waals surface area (Å²) in [6.07, 6.45) is 1.15. The Balaban J connectivity index is 2.45. The Bertz CT molecular complexity index is 409. The Hall–Kier alpha value is -1.53. The summed E-state index contributed by atoms with van der Waals surface area (Å²) in [5.74, 6) is 1.28. The van der Waals surface area contributed by atoms with E-state index in [1.807, 2.05) is 25.1 Å². The lowest BCUT2D eigenvalue weighted by atomic mass is 10.1. The molecule has 0 aliphatic rings. The summed E-state index contributed by atoms with van der Waals surface area (Å²) in [5.41, 5.74) is 1.72. The Morgan fingerprint density at radius 3 is 2.89 bits per heavy atom. The highest BCUT2D eigenvalue weighted by Gasteiger charge is 2.05. The average molecular weight is 246 g/mol. The van der Waals surface area contributed by atoms with Crippen molar-refractivity contribution in [2.45, 2.75) is 27.2 Å². The number of nitrogens with zero attached hydrogens (tertiary/aromatic N) is 1. The van der Waals surface area contributed by atoms with E-state index in [1.54, 1.807) is 0 Å². The van der Waals surface area contributed by atoms with Crippen LogP contribution in [0.5, 0.6) is 5.75 Å². The van der Waals surface area contributed by atoms with E-state index in [0.717, 1.165) is 30.8 Å². The van der Waals surface area contributed by atoms with E-state index < -0.39 is 0 Å². The first-order valence-corrected chi connectivity index (χ1v) is 6.51. The summed E-state index contributed by atoms with van der Waals surface area (Å²) >= 11 is 0. The van der Waals surface area contributed by atoms with E-state index in [1.165, 1.54) is 0 Å². The zero-order valence-electron chi connectivity index (χ0n) is 11.5. The van der Waals surface area contributed by atoms with Gasteiger partial charge in [-0.2, -0.15) is 5.26 Å². The first-order chi connectivity index (χ1) is 8.67. The smallest absolute Gasteiger partial charge is 0.123 e. The molecule has 1 aromatic rings. The SMILES string of the molecule is CCCNCC(C)COc1cc(C#N)ccc1C. The van der Waals surface area contributed by atoms with Gasteiger partial charge in [0.1, 0.15) is 5.75 Å². The molecular formula is C15H22N2O. The molecule has 1 aromatic carbocycles. The van der Waals surface area contributed by atoms with E-state index in [0.29, 0.717) is 18.1 Å². The van der Waals surface area contributed by atoms with E-state index >= 15 is 0 Å². The highest BCUT2D eigenvalue weighted by atomic mass is 16.5. The quantitative estimate of drug-likeness (QED) is 0.752. The fourth-order valence-electron chi connectivity index (χ4n) is 1.64. The Morgan fingerprint density at radius 1 is 1.44 bits per heavy atom. The lowest BCUT2D eigenvalue weighted by Crippen LogP contribution is -2.25. The highest BCUT2D eigenvalue weighted by Crippen LogP contribution is 2.19. The number of nitriles is 1. The van der Waals surface area contributed by atoms with Crippen molar-refractivity contribution in [1.82, 2.24) is 5.32 Å². The Labute approximate surface area is 110 Å². The molecule has 0 spiro atoms. The predicted molar refractivity (Wildman–Crippen MR) is 73.7 cm³/mol. The largest absolute Gasteiger partial charge is 0.493 e. The minimum absolute atomic E-state index is 0.460. The molecule has 0 aliphatic heterocycles. The molecule has 1 rings (SSSR count). The molecule has 0 aromatic heterocycles. The summed E-state index contributed by atoms with van der Waals surface area (Å²) in [6.45, 7) is 9.00. The van der Waals surface area contributed by atoms with Crippen molar-refractivity contribution in [1.29, 1.82) is 5.26 Å². The van der Waals surface area contributed by atoms with Crippen molar-refractivity contribution in [3.8, 4) is 11.8 Å². The van der Waals surface area contributed by atoms with Gasteiger partial charge in [-0.3, -0.25) is 0 Å². The molecule has 0 aliphatic carbocycles. The van der Waals surface area contributed by atoms with E-state index in [9.17, 15) is 0 Å². The zero-order chi connectivity index (χ0) is 13.4. The van der Waals surface area contributed by atoms with Crippen molar-refractivity contribution in [3.63, 3.8) is 0 Å². The van der Waals surface area contributed by atoms with Gasteiger partial charge in [0.15, 0.2) is 0 Å². The van der Waals surface area contributed by atoms with Gasteiger partial charge in [-0.1, -0.05) is 19.9 Å². The number of rotatable bonds is 7. The number of hydrogen-bond acceptors (Lipinski definition) is 3. The maximum Gasteiger partial charge on any atom is 0.123 e. The lowest BCUT2D eigenvalue weighted by molar-refractivity contribution is 0.254. The van der Waals surface area contributed by atoms with Crippen LogP contribution in [0, 0.1) is 24.2 Å². The number of ether oxygens (including phenoxy) is 1. The second-order valence-electron chi connectivity index (χ2n) is 4.71. The van der Waals surface area contributed by atoms with Crippen molar-refractivity contribution in [3.05, 3.63) is 29.3 Å². The van der Waals surface area contributed by atoms with Crippen LogP contribution in [0.3, 0.4) is 0 Å². The van der Waals surface area contributed by atoms with Crippen LogP contribution in [0.25, 0.3) is 0 Å². The minimum Gasteiger partial charge on any atom is -0.493 e. The van der Waals surface area contributed by atoms with Gasteiger partial charge in [0.25, 0.3) is 0 Å². The van der Waals surface area contributed by atoms with Gasteiger partial charge >= 0.3 is 0 Å². The number of benzene rings is 1. The van der Waals surface area contributed by atoms with Crippen LogP contribution in [0.15, 0.2) is 18.2 Å². The fourth-order valence-corrected chi connectivity index (χ4v) is 1.64. The molecule has 0 bridgehead atoms. The molecule has 0 saturated carbocycles. The van der Waals surface area contributed by atoms with Crippen LogP contribution in [0.2, 0.25) is 0 Å². The van der Waals surface area contributed by atoms with Crippen molar-refractivity contribution in [2.24, 2.45) is 5.92 Å². The van der Waals surface area contributed by atoms with Gasteiger partial charge in [0.2, 0.25) is 0 Å². The number of hydrogen-bond donors (Lipinski definition) is 1. The van der Waals surface area contributed by atoms with Gasteiger partial charge in [0.05, 0.1) is 18.2 Å². The van der Waals surface area contributed by atoms with Crippen LogP contribution in [-0.4, -0.2) is 19.7 Å². The minimum atomic E-state index is 0.460. The van der Waals surface area contributed by atoms with Crippen LogP contribution < -0.4 is 10.1 Å². The molecule has 1 N–H and O–H groups in total. The second kappa shape index (κ2) is 7.73. The molecular weight excluding hydrogens is 224 g/mol. The molecule has 0 radical (unpaired) electrons. The third-order valence-corrected chi connectivity index (χ3v) is 2.76. The van der Waals surface area contributed by atoms with E-state index in [4.69, 9.17) is 10.00 Å². The first kappa shape index (κ1) is 14.5. The molecule has 0 heterocycles. The standard InChI is InChI=1S/C15H22N2O/c1-4-7-17-10-12(2)11-18-15-8-14(9-16)6-5-13(15)3/h5-6,8,12,17H,4,7,10-11H2,1-3H3. The number of aryl methyl sites for hydroxylation is 1. The summed E-state index contributed by atoms with van der Waals surface area (Å²) in [6, 6.07) is 7.68. The highest BCUT2D eigenvalue weighted by molar-refractivity contribution is 5.41. The molecule has 0 amide bonds. The summed E-state index contributed by atoms with van der Waals surface area (Å²) in [7, 11) is 0. The number of nitrogens with one attached hydrogen (secondary N) is 1. The van der Waals surface area contributed by atoms with Gasteiger partial charge in [-0.05, 0) is 37.6 Å². The lowest BCUT2D eigenvalue weighted by Gasteiger charge is -2.15. The molecule has 18 heavy (non-hydrogen) atoms. The summed E-state index contributed by atoms with van der Waals surface area (Å²) in [5, 5.41) is 12.2. The third kappa shape index (κ3) is 4.77. The molecule has 3 nitrogen and oxygen atoms in total. The molecule has 1 unspecified atom stereocenters. The molecule has 1 atom stereocenters. The summed E-state index contributed by atoms with van der Waals surface area (Å²) < 4.78 is 5.78. The van der Waals surface area contributed by atoms with Crippen LogP contribution in [0.1, 0.15) is 31.4 Å². The summed E-state index contributed by atoms with van der Waals surface area (Å²) in [4.78, 5) is 0. The van der Waals surface area contributed by atoms with Gasteiger partial charge in [0, 0.05) is 12.5 Å². The van der Waals surface area contributed by atoms with Crippen LogP contribution in [-0.2, 0) is 0 Å². The van der Waals surface area contributed by atoms with Crippen molar-refractivity contribution < 1.29 is 4.74 Å². The maximum absolute atomic E-state index is 8.86. The third-order valence-electron chi connectivity index (χ3n) is 2.76. The van der Waals surface area contributed by atoms with Gasteiger partial charge < -0.3 is 10.1 Å². The molecule has 0 saturated heterocycles. The Kier molecular flexibility index (Phi) is 6.24. The topological polar surface area (TPSA) is 45.0 Å². The van der Waals surface area contributed by atoms with Crippen molar-refractivity contribution >= 4 is 0 Å². The molecule has 0 fully saturated rings. The normalized spacial score (nSPS) is 11.9. The van der Waals surface area contributed by atoms with Crippen LogP contribution in [0.4, 0.5) is 0 Å². The predicted octanol–water partition coefficient (Wildman–Crippen LogP) is 2.88. The fraction of sp³-hybridized carbons (Fsp3) is 0.533. The molecule has 98 valence electrons. The monoisotopic (exact) mass is 246 g/mol. The first-order valence-electron chi connectivity index (χ1n) is 6.51. The van der Waals surface area contributed by atoms with Crippen LogP contribution >= 0.6 is 0 Å². The molecule has 3 heteroatoms. The van der Waals surface area contributed by atoms with E-state index in [2.05, 4.69) is 25.2 Å².